The summed E-state index contributed by atoms with van der Waals surface area (Å²) in [5, 5.41) is 0. The average molecular weight is 291 g/mol. The van der Waals surface area contributed by atoms with Gasteiger partial charge in [0.25, 0.3) is 0 Å². The molecule has 0 fully saturated rings. The zero-order chi connectivity index (χ0) is 10.5. The second-order valence-corrected chi connectivity index (χ2v) is 14.1. The quantitative estimate of drug-likeness (QED) is 0.781. The first-order valence-corrected chi connectivity index (χ1v) is 13.0. The van der Waals surface area contributed by atoms with Gasteiger partial charge in [0.05, 0.1) is 0 Å². The third kappa shape index (κ3) is 3.35. The van der Waals surface area contributed by atoms with Crippen molar-refractivity contribution in [1.29, 1.82) is 0 Å². The van der Waals surface area contributed by atoms with Gasteiger partial charge in [0.15, 0.2) is 0 Å². The molecule has 0 aliphatic carbocycles. The predicted molar refractivity (Wildman–Crippen MR) is 70.0 cm³/mol. The fourth-order valence-electron chi connectivity index (χ4n) is 1.29. The summed E-state index contributed by atoms with van der Waals surface area (Å²) in [4.78, 5) is 1.28. The zero-order valence-electron chi connectivity index (χ0n) is 8.14. The Morgan fingerprint density at radius 3 is 1.93 bits per heavy atom. The van der Waals surface area contributed by atoms with Crippen LogP contribution in [-0.4, -0.2) is 14.0 Å². The Hall–Kier alpha value is -0.284. The molecule has 2 aromatic carbocycles. The third-order valence-corrected chi connectivity index (χ3v) is 11.8. The molecule has 2 aromatic rings. The Bertz CT molecular complexity index is 404. The molecule has 0 bridgehead atoms. The van der Waals surface area contributed by atoms with E-state index in [2.05, 4.69) is 48.5 Å². The van der Waals surface area contributed by atoms with E-state index in [1.807, 2.05) is 21.8 Å². The van der Waals surface area contributed by atoms with Crippen LogP contribution in [0.15, 0.2) is 65.6 Å². The molecule has 15 heavy (non-hydrogen) atoms. The van der Waals surface area contributed by atoms with E-state index in [0.717, 1.165) is 0 Å². The number of halogens is 1. The molecule has 74 valence electrons. The van der Waals surface area contributed by atoms with Crippen LogP contribution in [0.3, 0.4) is 0 Å². The SMILES string of the molecule is [Cl][Ga]([S]c1ccccc1)[c]1ccccc1. The molecule has 0 N–H and O–H groups in total. The first-order chi connectivity index (χ1) is 7.36. The van der Waals surface area contributed by atoms with Gasteiger partial charge in [-0.2, -0.15) is 0 Å². The van der Waals surface area contributed by atoms with Crippen LogP contribution in [0.4, 0.5) is 0 Å². The maximum absolute atomic E-state index is 6.49. The van der Waals surface area contributed by atoms with Gasteiger partial charge in [0.2, 0.25) is 0 Å². The fourth-order valence-corrected chi connectivity index (χ4v) is 9.61. The Kier molecular flexibility index (Phi) is 4.26. The van der Waals surface area contributed by atoms with Gasteiger partial charge < -0.3 is 0 Å². The van der Waals surface area contributed by atoms with Crippen LogP contribution >= 0.6 is 19.3 Å². The van der Waals surface area contributed by atoms with Crippen LogP contribution in [0.5, 0.6) is 0 Å². The monoisotopic (exact) mass is 290 g/mol. The summed E-state index contributed by atoms with van der Waals surface area (Å²) in [6.07, 6.45) is 0. The van der Waals surface area contributed by atoms with E-state index in [1.54, 1.807) is 0 Å². The van der Waals surface area contributed by atoms with Gasteiger partial charge in [-0.25, -0.2) is 0 Å². The second-order valence-electron chi connectivity index (χ2n) is 3.16. The van der Waals surface area contributed by atoms with Crippen molar-refractivity contribution in [2.45, 2.75) is 4.90 Å². The van der Waals surface area contributed by atoms with E-state index in [9.17, 15) is 0 Å². The van der Waals surface area contributed by atoms with Gasteiger partial charge >= 0.3 is 103 Å². The molecule has 2 rings (SSSR count). The van der Waals surface area contributed by atoms with E-state index >= 15 is 0 Å². The van der Waals surface area contributed by atoms with Crippen LogP contribution < -0.4 is 4.12 Å². The molecule has 0 aliphatic rings. The molecule has 0 aromatic heterocycles. The van der Waals surface area contributed by atoms with Gasteiger partial charge in [-0.1, -0.05) is 0 Å². The van der Waals surface area contributed by atoms with Crippen molar-refractivity contribution in [3.05, 3.63) is 60.7 Å². The molecule has 0 atom stereocenters. The minimum absolute atomic E-state index is 1.28. The van der Waals surface area contributed by atoms with E-state index in [-0.39, 0.29) is 0 Å². The van der Waals surface area contributed by atoms with Crippen molar-refractivity contribution in [2.24, 2.45) is 0 Å². The third-order valence-electron chi connectivity index (χ3n) is 2.04. The maximum atomic E-state index is 6.49. The summed E-state index contributed by atoms with van der Waals surface area (Å²) in [6.45, 7) is 0. The average Bonchev–Trinajstić information content (AvgIpc) is 2.31. The van der Waals surface area contributed by atoms with Crippen molar-refractivity contribution in [2.75, 3.05) is 0 Å². The summed E-state index contributed by atoms with van der Waals surface area (Å²) in [5.74, 6) is 0. The first-order valence-electron chi connectivity index (χ1n) is 4.77. The first kappa shape index (κ1) is 11.2. The van der Waals surface area contributed by atoms with E-state index < -0.39 is 14.0 Å². The Morgan fingerprint density at radius 1 is 0.800 bits per heavy atom. The summed E-state index contributed by atoms with van der Waals surface area (Å²) < 4.78 is 1.33. The van der Waals surface area contributed by atoms with Gasteiger partial charge in [0, 0.05) is 0 Å². The van der Waals surface area contributed by atoms with Crippen molar-refractivity contribution in [3.63, 3.8) is 0 Å². The summed E-state index contributed by atoms with van der Waals surface area (Å²) in [6, 6.07) is 20.8. The number of rotatable bonds is 3. The van der Waals surface area contributed by atoms with E-state index in [0.29, 0.717) is 0 Å². The Labute approximate surface area is 103 Å². The molecule has 0 saturated heterocycles. The second kappa shape index (κ2) is 5.71. The zero-order valence-corrected chi connectivity index (χ0v) is 12.1. The van der Waals surface area contributed by atoms with Crippen molar-refractivity contribution >= 4 is 37.4 Å². The number of benzene rings is 2. The van der Waals surface area contributed by atoms with Gasteiger partial charge in [0.1, 0.15) is 0 Å². The van der Waals surface area contributed by atoms with E-state index in [1.165, 1.54) is 9.01 Å². The molecule has 0 amide bonds. The molecular formula is C12H10ClGaS. The van der Waals surface area contributed by atoms with Crippen LogP contribution in [0.25, 0.3) is 0 Å². The van der Waals surface area contributed by atoms with Crippen molar-refractivity contribution in [1.82, 2.24) is 0 Å². The topological polar surface area (TPSA) is 0 Å². The molecule has 0 unspecified atom stereocenters. The fraction of sp³-hybridized carbons (Fsp3) is 0. The molecule has 0 spiro atoms. The summed E-state index contributed by atoms with van der Waals surface area (Å²) in [7, 11) is 8.34. The van der Waals surface area contributed by atoms with E-state index in [4.69, 9.17) is 9.64 Å². The Morgan fingerprint density at radius 2 is 1.33 bits per heavy atom. The molecule has 0 nitrogen and oxygen atoms in total. The van der Waals surface area contributed by atoms with Gasteiger partial charge in [-0.15, -0.1) is 0 Å². The number of hydrogen-bond acceptors (Lipinski definition) is 1. The summed E-state index contributed by atoms with van der Waals surface area (Å²) in [5.41, 5.74) is 0. The normalized spacial score (nSPS) is 9.93. The molecule has 3 heteroatoms. The molecule has 0 aliphatic heterocycles. The molecule has 0 heterocycles. The predicted octanol–water partition coefficient (Wildman–Crippen LogP) is 3.41. The summed E-state index contributed by atoms with van der Waals surface area (Å²) >= 11 is -1.88. The van der Waals surface area contributed by atoms with Crippen molar-refractivity contribution < 1.29 is 0 Å². The van der Waals surface area contributed by atoms with Crippen LogP contribution in [0.1, 0.15) is 0 Å². The van der Waals surface area contributed by atoms with Gasteiger partial charge in [-0.3, -0.25) is 0 Å². The van der Waals surface area contributed by atoms with Gasteiger partial charge in [-0.05, 0) is 0 Å². The van der Waals surface area contributed by atoms with Crippen LogP contribution in [0.2, 0.25) is 0 Å². The number of hydrogen-bond donors (Lipinski definition) is 0. The Balaban J connectivity index is 2.08. The minimum atomic E-state index is -1.88. The standard InChI is InChI=1S/C6H6S.C6H5.ClH.Ga/c7-6-4-2-1-3-5-6;1-2-4-6-5-3-1;;/h1-5,7H;1-5H;1H;/q;;;+2/p-2. The molecular weight excluding hydrogens is 281 g/mol. The van der Waals surface area contributed by atoms with Crippen LogP contribution in [-0.2, 0) is 0 Å². The molecule has 0 radical (unpaired) electrons. The molecule has 0 saturated carbocycles. The van der Waals surface area contributed by atoms with Crippen molar-refractivity contribution in [3.8, 4) is 0 Å². The van der Waals surface area contributed by atoms with Crippen LogP contribution in [0, 0.1) is 0 Å².